The van der Waals surface area contributed by atoms with Crippen molar-refractivity contribution in [3.8, 4) is 11.3 Å². The van der Waals surface area contributed by atoms with Crippen LogP contribution in [0.4, 0.5) is 19.0 Å². The zero-order valence-corrected chi connectivity index (χ0v) is 16.7. The molecule has 3 heterocycles. The maximum Gasteiger partial charge on any atom is 0.419 e. The molecule has 29 heavy (non-hydrogen) atoms. The Hall–Kier alpha value is -2.09. The summed E-state index contributed by atoms with van der Waals surface area (Å²) in [5.74, 6) is 1.33. The average molecular weight is 405 g/mol. The van der Waals surface area contributed by atoms with E-state index in [0.717, 1.165) is 17.8 Å². The van der Waals surface area contributed by atoms with Gasteiger partial charge in [0, 0.05) is 35.5 Å². The Bertz CT molecular complexity index is 919. The summed E-state index contributed by atoms with van der Waals surface area (Å²) in [6, 6.07) is 3.90. The lowest BCUT2D eigenvalue weighted by Crippen LogP contribution is -2.44. The zero-order valence-electron chi connectivity index (χ0n) is 16.7. The molecule has 3 fully saturated rings. The number of nitrogen functional groups attached to an aromatic ring is 1. The molecule has 5 nitrogen and oxygen atoms in total. The molecule has 2 aliphatic carbocycles. The molecule has 2 aromatic heterocycles. The maximum atomic E-state index is 13.2. The van der Waals surface area contributed by atoms with E-state index in [-0.39, 0.29) is 6.04 Å². The highest BCUT2D eigenvalue weighted by atomic mass is 19.4. The second kappa shape index (κ2) is 6.45. The molecular weight excluding hydrogens is 379 g/mol. The van der Waals surface area contributed by atoms with Crippen LogP contribution in [0.25, 0.3) is 11.3 Å². The largest absolute Gasteiger partial charge is 0.419 e. The third-order valence-corrected chi connectivity index (χ3v) is 6.94. The van der Waals surface area contributed by atoms with Crippen molar-refractivity contribution in [1.82, 2.24) is 19.7 Å². The lowest BCUT2D eigenvalue weighted by molar-refractivity contribution is -0.137. The number of likely N-dealkylation sites (tertiary alicyclic amines) is 1. The first-order valence-corrected chi connectivity index (χ1v) is 10.4. The first-order chi connectivity index (χ1) is 13.7. The van der Waals surface area contributed by atoms with E-state index in [4.69, 9.17) is 5.73 Å². The lowest BCUT2D eigenvalue weighted by Gasteiger charge is -2.37. The van der Waals surface area contributed by atoms with Gasteiger partial charge in [0.05, 0.1) is 11.3 Å². The highest BCUT2D eigenvalue weighted by Gasteiger charge is 2.59. The predicted molar refractivity (Wildman–Crippen MR) is 104 cm³/mol. The number of halogens is 3. The van der Waals surface area contributed by atoms with Crippen LogP contribution in [-0.2, 0) is 6.18 Å². The van der Waals surface area contributed by atoms with Gasteiger partial charge in [-0.05, 0) is 70.2 Å². The Balaban J connectivity index is 1.43. The third-order valence-electron chi connectivity index (χ3n) is 6.94. The molecule has 2 aromatic rings. The van der Waals surface area contributed by atoms with Crippen molar-refractivity contribution in [1.29, 1.82) is 0 Å². The van der Waals surface area contributed by atoms with Crippen LogP contribution in [-0.4, -0.2) is 38.8 Å². The highest BCUT2D eigenvalue weighted by molar-refractivity contribution is 5.63. The molecule has 0 radical (unpaired) electrons. The molecule has 0 aromatic carbocycles. The van der Waals surface area contributed by atoms with Gasteiger partial charge in [-0.15, -0.1) is 0 Å². The number of hydrogen-bond acceptors (Lipinski definition) is 4. The number of nitrogens with zero attached hydrogens (tertiary/aromatic N) is 4. The van der Waals surface area contributed by atoms with Gasteiger partial charge in [0.15, 0.2) is 0 Å². The van der Waals surface area contributed by atoms with E-state index in [9.17, 15) is 13.2 Å². The normalized spacial score (nSPS) is 29.2. The van der Waals surface area contributed by atoms with Gasteiger partial charge in [-0.2, -0.15) is 18.3 Å². The highest BCUT2D eigenvalue weighted by Crippen LogP contribution is 2.64. The Morgan fingerprint density at radius 3 is 2.38 bits per heavy atom. The molecule has 2 N–H and O–H groups in total. The van der Waals surface area contributed by atoms with E-state index in [0.29, 0.717) is 29.0 Å². The van der Waals surface area contributed by atoms with Crippen molar-refractivity contribution in [2.75, 3.05) is 18.8 Å². The molecule has 156 valence electrons. The smallest absolute Gasteiger partial charge is 0.383 e. The van der Waals surface area contributed by atoms with Crippen molar-refractivity contribution in [3.63, 3.8) is 0 Å². The van der Waals surface area contributed by atoms with Crippen LogP contribution in [0.1, 0.15) is 56.3 Å². The quantitative estimate of drug-likeness (QED) is 0.823. The summed E-state index contributed by atoms with van der Waals surface area (Å²) in [6.07, 6.45) is 0.629. The fraction of sp³-hybridized carbons (Fsp3) is 0.619. The monoisotopic (exact) mass is 405 g/mol. The van der Waals surface area contributed by atoms with Gasteiger partial charge in [-0.3, -0.25) is 4.68 Å². The molecule has 1 saturated heterocycles. The van der Waals surface area contributed by atoms with Crippen LogP contribution in [0.15, 0.2) is 18.3 Å². The molecule has 3 aliphatic rings. The summed E-state index contributed by atoms with van der Waals surface area (Å²) in [6.45, 7) is 6.58. The van der Waals surface area contributed by atoms with Crippen LogP contribution in [0, 0.1) is 11.8 Å². The number of rotatable bonds is 4. The standard InChI is InChI=1S/C21H26F3N5/c1-11(2)29-18(19-14-7-13(8-15(14)19)28-4-3-5-28)9-17(27-29)12-6-16(21(22,23)24)20(25)26-10-12/h6,9-11,13-15,19H,3-5,7-8H2,1-2H3,(H2,25,26). The maximum absolute atomic E-state index is 13.2. The predicted octanol–water partition coefficient (Wildman–Crippen LogP) is 4.32. The molecule has 1 aliphatic heterocycles. The lowest BCUT2D eigenvalue weighted by atomic mass is 10.00. The molecule has 5 rings (SSSR count). The van der Waals surface area contributed by atoms with Crippen molar-refractivity contribution >= 4 is 5.82 Å². The van der Waals surface area contributed by atoms with Crippen LogP contribution in [0.2, 0.25) is 0 Å². The van der Waals surface area contributed by atoms with E-state index in [1.807, 2.05) is 10.7 Å². The molecular formula is C21H26F3N5. The number of pyridine rings is 1. The van der Waals surface area contributed by atoms with Gasteiger partial charge < -0.3 is 10.6 Å². The topological polar surface area (TPSA) is 60.0 Å². The van der Waals surface area contributed by atoms with E-state index < -0.39 is 17.6 Å². The van der Waals surface area contributed by atoms with Gasteiger partial charge in [0.25, 0.3) is 0 Å². The summed E-state index contributed by atoms with van der Waals surface area (Å²) < 4.78 is 41.7. The Morgan fingerprint density at radius 2 is 1.83 bits per heavy atom. The molecule has 0 spiro atoms. The van der Waals surface area contributed by atoms with Gasteiger partial charge in [-0.25, -0.2) is 4.98 Å². The summed E-state index contributed by atoms with van der Waals surface area (Å²) in [5.41, 5.74) is 6.59. The van der Waals surface area contributed by atoms with Gasteiger partial charge in [0.1, 0.15) is 5.82 Å². The molecule has 2 atom stereocenters. The fourth-order valence-corrected chi connectivity index (χ4v) is 5.31. The van der Waals surface area contributed by atoms with Crippen molar-refractivity contribution in [2.24, 2.45) is 11.8 Å². The van der Waals surface area contributed by atoms with E-state index in [2.05, 4.69) is 28.8 Å². The minimum absolute atomic E-state index is 0.148. The number of aromatic nitrogens is 3. The zero-order chi connectivity index (χ0) is 20.5. The average Bonchev–Trinajstić information content (AvgIpc) is 2.96. The Labute approximate surface area is 168 Å². The summed E-state index contributed by atoms with van der Waals surface area (Å²) in [4.78, 5) is 6.36. The summed E-state index contributed by atoms with van der Waals surface area (Å²) in [7, 11) is 0. The van der Waals surface area contributed by atoms with Crippen LogP contribution in [0.3, 0.4) is 0 Å². The number of alkyl halides is 3. The van der Waals surface area contributed by atoms with Crippen LogP contribution < -0.4 is 5.73 Å². The van der Waals surface area contributed by atoms with Gasteiger partial charge >= 0.3 is 6.18 Å². The van der Waals surface area contributed by atoms with Gasteiger partial charge in [-0.1, -0.05) is 0 Å². The van der Waals surface area contributed by atoms with Crippen LogP contribution in [0.5, 0.6) is 0 Å². The number of hydrogen-bond donors (Lipinski definition) is 1. The third kappa shape index (κ3) is 3.12. The molecule has 0 amide bonds. The van der Waals surface area contributed by atoms with Crippen molar-refractivity contribution in [2.45, 2.75) is 57.3 Å². The molecule has 2 saturated carbocycles. The molecule has 2 unspecified atom stereocenters. The second-order valence-corrected chi connectivity index (χ2v) is 9.02. The van der Waals surface area contributed by atoms with Gasteiger partial charge in [0.2, 0.25) is 0 Å². The van der Waals surface area contributed by atoms with E-state index in [1.54, 1.807) is 0 Å². The van der Waals surface area contributed by atoms with E-state index >= 15 is 0 Å². The van der Waals surface area contributed by atoms with Crippen molar-refractivity contribution in [3.05, 3.63) is 29.6 Å². The second-order valence-electron chi connectivity index (χ2n) is 9.02. The SMILES string of the molecule is CC(C)n1nc(-c2cnc(N)c(C(F)(F)F)c2)cc1C1C2CC(N3CCC3)CC21. The number of nitrogens with two attached hydrogens (primary N) is 1. The summed E-state index contributed by atoms with van der Waals surface area (Å²) >= 11 is 0. The first-order valence-electron chi connectivity index (χ1n) is 10.4. The minimum atomic E-state index is -4.53. The van der Waals surface area contributed by atoms with Crippen molar-refractivity contribution < 1.29 is 13.2 Å². The molecule has 8 heteroatoms. The fourth-order valence-electron chi connectivity index (χ4n) is 5.31. The number of anilines is 1. The number of fused-ring (bicyclic) bond motifs is 1. The summed E-state index contributed by atoms with van der Waals surface area (Å²) in [5, 5.41) is 4.66. The Morgan fingerprint density at radius 1 is 1.14 bits per heavy atom. The minimum Gasteiger partial charge on any atom is -0.383 e. The van der Waals surface area contributed by atoms with E-state index in [1.165, 1.54) is 38.5 Å². The van der Waals surface area contributed by atoms with Crippen LogP contribution >= 0.6 is 0 Å². The molecule has 0 bridgehead atoms. The Kier molecular flexibility index (Phi) is 4.21. The first kappa shape index (κ1) is 18.9.